The molecular formula is C53H52BN. The normalized spacial score (nSPS) is 20.5. The van der Waals surface area contributed by atoms with Crippen LogP contribution in [-0.2, 0) is 29.1 Å². The Morgan fingerprint density at radius 2 is 1.24 bits per heavy atom. The van der Waals surface area contributed by atoms with Gasteiger partial charge in [-0.15, -0.1) is 0 Å². The van der Waals surface area contributed by atoms with Gasteiger partial charge in [-0.25, -0.2) is 0 Å². The average molecular weight is 714 g/mol. The van der Waals surface area contributed by atoms with Crippen molar-refractivity contribution in [3.05, 3.63) is 166 Å². The summed E-state index contributed by atoms with van der Waals surface area (Å²) in [5, 5.41) is 0. The van der Waals surface area contributed by atoms with Gasteiger partial charge < -0.3 is 4.90 Å². The van der Waals surface area contributed by atoms with E-state index in [-0.39, 0.29) is 28.4 Å². The number of aryl methyl sites for hydroxylation is 1. The molecule has 1 nitrogen and oxygen atoms in total. The zero-order chi connectivity index (χ0) is 38.2. The van der Waals surface area contributed by atoms with Crippen LogP contribution in [0.4, 0.5) is 17.1 Å². The number of nitrogens with zero attached hydrogens (tertiary/aromatic N) is 1. The Morgan fingerprint density at radius 1 is 0.582 bits per heavy atom. The fourth-order valence-corrected chi connectivity index (χ4v) is 10.9. The highest BCUT2D eigenvalue weighted by molar-refractivity contribution is 6.99. The number of hydrogen-bond acceptors (Lipinski definition) is 1. The van der Waals surface area contributed by atoms with Gasteiger partial charge in [0.1, 0.15) is 0 Å². The molecule has 0 saturated heterocycles. The second-order valence-electron chi connectivity index (χ2n) is 19.5. The van der Waals surface area contributed by atoms with Gasteiger partial charge in [0.25, 0.3) is 0 Å². The maximum absolute atomic E-state index is 2.64. The molecular weight excluding hydrogens is 661 g/mol. The molecule has 0 amide bonds. The fourth-order valence-electron chi connectivity index (χ4n) is 10.9. The molecule has 0 aromatic heterocycles. The van der Waals surface area contributed by atoms with Gasteiger partial charge in [0.05, 0.1) is 5.69 Å². The molecule has 2 atom stereocenters. The summed E-state index contributed by atoms with van der Waals surface area (Å²) < 4.78 is 0. The van der Waals surface area contributed by atoms with Crippen molar-refractivity contribution in [2.24, 2.45) is 5.41 Å². The second kappa shape index (κ2) is 11.5. The van der Waals surface area contributed by atoms with Crippen LogP contribution in [-0.4, -0.2) is 6.71 Å². The van der Waals surface area contributed by atoms with Crippen molar-refractivity contribution in [2.75, 3.05) is 4.90 Å². The monoisotopic (exact) mass is 713 g/mol. The van der Waals surface area contributed by atoms with E-state index in [2.05, 4.69) is 195 Å². The van der Waals surface area contributed by atoms with Crippen LogP contribution in [0.5, 0.6) is 0 Å². The predicted molar refractivity (Wildman–Crippen MR) is 237 cm³/mol. The molecule has 4 aliphatic rings. The Kier molecular flexibility index (Phi) is 7.19. The highest BCUT2D eigenvalue weighted by atomic mass is 15.2. The average Bonchev–Trinajstić information content (AvgIpc) is 3.23. The Balaban J connectivity index is 1.30. The molecule has 2 heteroatoms. The van der Waals surface area contributed by atoms with E-state index >= 15 is 0 Å². The molecule has 2 unspecified atom stereocenters. The van der Waals surface area contributed by atoms with Crippen LogP contribution in [0.25, 0.3) is 22.8 Å². The van der Waals surface area contributed by atoms with Crippen molar-refractivity contribution >= 4 is 51.8 Å². The van der Waals surface area contributed by atoms with E-state index in [1.165, 1.54) is 94.7 Å². The van der Waals surface area contributed by atoms with Crippen LogP contribution >= 0.6 is 0 Å². The third-order valence-electron chi connectivity index (χ3n) is 14.1. The van der Waals surface area contributed by atoms with Gasteiger partial charge in [-0.1, -0.05) is 164 Å². The lowest BCUT2D eigenvalue weighted by Crippen LogP contribution is -2.58. The summed E-state index contributed by atoms with van der Waals surface area (Å²) >= 11 is 0. The first-order valence-corrected chi connectivity index (χ1v) is 20.4. The van der Waals surface area contributed by atoms with Crippen LogP contribution in [0, 0.1) is 12.3 Å². The van der Waals surface area contributed by atoms with Crippen LogP contribution < -0.4 is 21.3 Å². The van der Waals surface area contributed by atoms with Crippen LogP contribution in [0.2, 0.25) is 0 Å². The van der Waals surface area contributed by atoms with Gasteiger partial charge in [-0.2, -0.15) is 0 Å². The Hall–Kier alpha value is -5.08. The summed E-state index contributed by atoms with van der Waals surface area (Å²) in [6, 6.07) is 47.2. The topological polar surface area (TPSA) is 3.24 Å². The molecule has 0 fully saturated rings. The van der Waals surface area contributed by atoms with Crippen molar-refractivity contribution in [3.63, 3.8) is 0 Å². The molecule has 10 rings (SSSR count). The lowest BCUT2D eigenvalue weighted by Gasteiger charge is -2.47. The minimum atomic E-state index is -0.0359. The summed E-state index contributed by atoms with van der Waals surface area (Å²) in [5.74, 6) is 0. The van der Waals surface area contributed by atoms with E-state index < -0.39 is 0 Å². The molecule has 0 spiro atoms. The minimum absolute atomic E-state index is 0.00168. The molecule has 0 bridgehead atoms. The maximum atomic E-state index is 2.64. The summed E-state index contributed by atoms with van der Waals surface area (Å²) in [6.07, 6.45) is 4.76. The van der Waals surface area contributed by atoms with Gasteiger partial charge in [-0.05, 0) is 121 Å². The first kappa shape index (κ1) is 34.4. The fraction of sp³-hybridized carbons (Fsp3) is 0.283. The van der Waals surface area contributed by atoms with Crippen molar-refractivity contribution in [2.45, 2.75) is 91.4 Å². The first-order chi connectivity index (χ1) is 26.2. The molecule has 6 aromatic carbocycles. The zero-order valence-corrected chi connectivity index (χ0v) is 34.1. The molecule has 272 valence electrons. The van der Waals surface area contributed by atoms with Gasteiger partial charge >= 0.3 is 0 Å². The third kappa shape index (κ3) is 4.86. The lowest BCUT2D eigenvalue weighted by atomic mass is 9.34. The van der Waals surface area contributed by atoms with E-state index in [1.54, 1.807) is 0 Å². The van der Waals surface area contributed by atoms with Gasteiger partial charge in [-0.3, -0.25) is 0 Å². The molecule has 2 aliphatic carbocycles. The van der Waals surface area contributed by atoms with Crippen LogP contribution in [0.15, 0.2) is 121 Å². The first-order valence-electron chi connectivity index (χ1n) is 20.4. The quantitative estimate of drug-likeness (QED) is 0.161. The molecule has 2 aliphatic heterocycles. The standard InChI is InChI=1S/C53H52BN/c1-33-26-37-28-42-48-41(52(8)31-35-18-13-14-19-36(35)32-53(42,52)9)20-15-21-44(48)54-43-24-22-39(51(5,6)7)30-46(43)55(47(27-33)49(37)54)45-25-23-38(50(2,3)4)29-40(45)34-16-11-10-12-17-34/h10-30H,31-32H2,1-9H3. The largest absolute Gasteiger partial charge is 0.311 e. The Labute approximate surface area is 329 Å². The SMILES string of the molecule is Cc1cc2c3c(c1)N(c1ccc(C(C)(C)C)cc1-c1ccccc1)c1cc(C(C)(C)C)ccc1B3c1cccc3c1C(=C2)C1(C)Cc2ccccc2CC31C. The summed E-state index contributed by atoms with van der Waals surface area (Å²) in [5.41, 5.74) is 23.5. The molecule has 6 aromatic rings. The zero-order valence-electron chi connectivity index (χ0n) is 34.1. The van der Waals surface area contributed by atoms with Crippen molar-refractivity contribution in [1.29, 1.82) is 0 Å². The van der Waals surface area contributed by atoms with E-state index in [0.29, 0.717) is 0 Å². The molecule has 2 heterocycles. The molecule has 0 N–H and O–H groups in total. The highest BCUT2D eigenvalue weighted by Gasteiger charge is 2.58. The smallest absolute Gasteiger partial charge is 0.248 e. The number of rotatable bonds is 2. The van der Waals surface area contributed by atoms with Crippen LogP contribution in [0.3, 0.4) is 0 Å². The van der Waals surface area contributed by atoms with Crippen LogP contribution in [0.1, 0.15) is 99.9 Å². The Bertz CT molecular complexity index is 2610. The van der Waals surface area contributed by atoms with Crippen molar-refractivity contribution < 1.29 is 0 Å². The van der Waals surface area contributed by atoms with Crippen molar-refractivity contribution in [1.82, 2.24) is 0 Å². The van der Waals surface area contributed by atoms with E-state index in [9.17, 15) is 0 Å². The lowest BCUT2D eigenvalue weighted by molar-refractivity contribution is 0.226. The summed E-state index contributed by atoms with van der Waals surface area (Å²) in [4.78, 5) is 2.64. The number of fused-ring (bicyclic) bond motifs is 7. The summed E-state index contributed by atoms with van der Waals surface area (Å²) in [6.45, 7) is 21.6. The predicted octanol–water partition coefficient (Wildman–Crippen LogP) is 11.5. The molecule has 0 radical (unpaired) electrons. The maximum Gasteiger partial charge on any atom is 0.248 e. The van der Waals surface area contributed by atoms with E-state index in [0.717, 1.165) is 12.8 Å². The number of benzene rings is 6. The number of hydrogen-bond donors (Lipinski definition) is 0. The molecule has 0 saturated carbocycles. The second-order valence-corrected chi connectivity index (χ2v) is 19.5. The summed E-state index contributed by atoms with van der Waals surface area (Å²) in [7, 11) is 0. The van der Waals surface area contributed by atoms with Gasteiger partial charge in [0, 0.05) is 27.8 Å². The molecule has 55 heavy (non-hydrogen) atoms. The van der Waals surface area contributed by atoms with Gasteiger partial charge in [0.2, 0.25) is 6.71 Å². The number of anilines is 3. The van der Waals surface area contributed by atoms with E-state index in [1.807, 2.05) is 0 Å². The van der Waals surface area contributed by atoms with Crippen molar-refractivity contribution in [3.8, 4) is 11.1 Å². The number of allylic oxidation sites excluding steroid dienone is 1. The minimum Gasteiger partial charge on any atom is -0.311 e. The van der Waals surface area contributed by atoms with E-state index in [4.69, 9.17) is 0 Å². The third-order valence-corrected chi connectivity index (χ3v) is 14.1. The Morgan fingerprint density at radius 3 is 1.95 bits per heavy atom. The van der Waals surface area contributed by atoms with Gasteiger partial charge in [0.15, 0.2) is 0 Å². The highest BCUT2D eigenvalue weighted by Crippen LogP contribution is 2.64.